The van der Waals surface area contributed by atoms with Crippen molar-refractivity contribution in [3.05, 3.63) is 53.1 Å². The van der Waals surface area contributed by atoms with Crippen LogP contribution in [0.5, 0.6) is 5.75 Å². The Labute approximate surface area is 528 Å². The van der Waals surface area contributed by atoms with Crippen LogP contribution in [-0.2, 0) is 63.9 Å². The van der Waals surface area contributed by atoms with E-state index in [-0.39, 0.29) is 19.4 Å². The van der Waals surface area contributed by atoms with Gasteiger partial charge in [-0.3, -0.25) is 47.9 Å². The number of likely N-dealkylation sites (N-methyl/N-ethyl adjacent to an activating group) is 5. The third kappa shape index (κ3) is 20.9. The highest BCUT2D eigenvalue weighted by Crippen LogP contribution is 2.27. The summed E-state index contributed by atoms with van der Waals surface area (Å²) in [6.07, 6.45) is 5.45. The number of ether oxygens (including phenoxy) is 2. The van der Waals surface area contributed by atoms with Crippen molar-refractivity contribution in [2.75, 3.05) is 54.9 Å². The molecule has 4 N–H and O–H groups in total. The lowest BCUT2D eigenvalue weighted by atomic mass is 9.92. The predicted molar refractivity (Wildman–Crippen MR) is 338 cm³/mol. The first-order valence-corrected chi connectivity index (χ1v) is 31.6. The summed E-state index contributed by atoms with van der Waals surface area (Å²) in [6.45, 7) is 24.5. The van der Waals surface area contributed by atoms with Gasteiger partial charge in [-0.2, -0.15) is 0 Å². The van der Waals surface area contributed by atoms with Crippen molar-refractivity contribution >= 4 is 65.1 Å². The number of hydrogen-bond donors (Lipinski definition) is 4. The van der Waals surface area contributed by atoms with E-state index in [1.807, 2.05) is 19.9 Å². The Balaban J connectivity index is 2.24. The second-order valence-corrected chi connectivity index (χ2v) is 25.6. The maximum Gasteiger partial charge on any atom is 0.329 e. The SMILES string of the molecule is CC[C@@H](C)[C@H]1C(=O)NCC(=O)N(C)[C@@H](C(C)C)C(=O)N[C@@H](Cc2ccc(OC/C=C(\C)CCC=C(C)C)cc2)C(=O)O[C@H](C)C(=O)N2CCCC[C@H]2C(=O)N(C)[C@@H](C(C)C)C(=O)N[C@@H](C(C)C)C(=O)N(C)[C@@H](CC(=O)O)C(=O)N(C)[C@@H]([C@@H](C)CC)C(=O)N1C. The van der Waals surface area contributed by atoms with E-state index in [0.717, 1.165) is 27.5 Å². The van der Waals surface area contributed by atoms with Gasteiger partial charge < -0.3 is 59.9 Å². The number of carboxylic acid groups (broad SMARTS) is 1. The molecule has 0 aromatic heterocycles. The minimum absolute atomic E-state index is 0.100. The zero-order valence-electron chi connectivity index (χ0n) is 56.5. The lowest BCUT2D eigenvalue weighted by molar-refractivity contribution is -0.165. The molecule has 23 heteroatoms. The minimum atomic E-state index is -1.70. The first-order valence-electron chi connectivity index (χ1n) is 31.6. The van der Waals surface area contributed by atoms with E-state index in [4.69, 9.17) is 9.47 Å². The van der Waals surface area contributed by atoms with Crippen LogP contribution in [0.15, 0.2) is 47.6 Å². The zero-order valence-corrected chi connectivity index (χ0v) is 56.5. The van der Waals surface area contributed by atoms with Crippen LogP contribution in [0.3, 0.4) is 0 Å². The average molecular weight is 1250 g/mol. The molecule has 0 spiro atoms. The number of nitrogens with one attached hydrogen (secondary N) is 3. The molecule has 498 valence electrons. The van der Waals surface area contributed by atoms with Gasteiger partial charge in [0.2, 0.25) is 47.3 Å². The van der Waals surface area contributed by atoms with Gasteiger partial charge in [0.15, 0.2) is 6.10 Å². The van der Waals surface area contributed by atoms with Gasteiger partial charge in [0, 0.05) is 48.2 Å². The molecule has 2 aliphatic heterocycles. The molecular formula is C66H105N9O14. The van der Waals surface area contributed by atoms with Gasteiger partial charge in [0.25, 0.3) is 5.91 Å². The normalized spacial score (nSPS) is 25.4. The number of amides is 9. The van der Waals surface area contributed by atoms with E-state index >= 15 is 0 Å². The molecule has 0 saturated carbocycles. The monoisotopic (exact) mass is 1250 g/mol. The Hall–Kier alpha value is -7.33. The van der Waals surface area contributed by atoms with E-state index in [1.165, 1.54) is 68.0 Å². The smallest absolute Gasteiger partial charge is 0.329 e. The standard InChI is InChI=1S/C66H105N9O14/c1-20-43(12)56-58(79)67-37-51(76)71(16)54(40(7)8)59(80)68-48(35-46-28-30-47(31-29-46)88-34-32-42(11)26-24-25-38(3)4)66(87)89-45(14)61(82)75-33-23-22-27-49(75)62(83)72(17)55(41(9)10)60(81)69-53(39(5)6)64(85)70(15)50(36-52(77)78)63(84)74(19)57(44(13)21-2)65(86)73(56)18/h25,28-32,39-41,43-45,48-50,53-57H,20-24,26-27,33-37H2,1-19H3,(H,67,79)(H,68,80)(H,69,81)(H,77,78)/b42-32+/t43-,44+,45-,48+,49+,50+,53+,54+,55+,56+,57+/m1/s1. The fourth-order valence-electron chi connectivity index (χ4n) is 11.6. The largest absolute Gasteiger partial charge is 0.490 e. The number of carbonyl (C=O) groups is 11. The third-order valence-electron chi connectivity index (χ3n) is 17.4. The number of carboxylic acids is 1. The average Bonchev–Trinajstić information content (AvgIpc) is 1.39. The number of esters is 1. The number of hydrogen-bond acceptors (Lipinski definition) is 13. The number of aliphatic carboxylic acids is 1. The van der Waals surface area contributed by atoms with E-state index in [9.17, 15) is 57.8 Å². The van der Waals surface area contributed by atoms with Gasteiger partial charge in [-0.25, -0.2) is 4.79 Å². The highest BCUT2D eigenvalue weighted by Gasteiger charge is 2.46. The van der Waals surface area contributed by atoms with Crippen molar-refractivity contribution in [1.29, 1.82) is 0 Å². The molecule has 23 nitrogen and oxygen atoms in total. The summed E-state index contributed by atoms with van der Waals surface area (Å²) in [5, 5.41) is 18.5. The minimum Gasteiger partial charge on any atom is -0.490 e. The van der Waals surface area contributed by atoms with Crippen molar-refractivity contribution in [2.45, 2.75) is 209 Å². The lowest BCUT2D eigenvalue weighted by Crippen LogP contribution is -2.63. The molecule has 11 atom stereocenters. The molecule has 3 rings (SSSR count). The summed E-state index contributed by atoms with van der Waals surface area (Å²) in [4.78, 5) is 166. The zero-order chi connectivity index (χ0) is 67.5. The number of rotatable bonds is 17. The number of cyclic esters (lactones) is 1. The summed E-state index contributed by atoms with van der Waals surface area (Å²) >= 11 is 0. The molecule has 2 aliphatic rings. The Morgan fingerprint density at radius 1 is 0.652 bits per heavy atom. The van der Waals surface area contributed by atoms with Crippen LogP contribution in [-0.4, -0.2) is 209 Å². The van der Waals surface area contributed by atoms with Crippen molar-refractivity contribution in [2.24, 2.45) is 29.6 Å². The third-order valence-corrected chi connectivity index (χ3v) is 17.4. The number of carbonyl (C=O) groups excluding carboxylic acids is 10. The molecule has 89 heavy (non-hydrogen) atoms. The quantitative estimate of drug-likeness (QED) is 0.113. The highest BCUT2D eigenvalue weighted by molar-refractivity contribution is 5.99. The molecule has 1 aromatic rings. The van der Waals surface area contributed by atoms with Gasteiger partial charge in [0.1, 0.15) is 60.7 Å². The first-order chi connectivity index (χ1) is 41.6. The van der Waals surface area contributed by atoms with Gasteiger partial charge in [-0.15, -0.1) is 0 Å². The van der Waals surface area contributed by atoms with Crippen molar-refractivity contribution in [3.8, 4) is 5.75 Å². The summed E-state index contributed by atoms with van der Waals surface area (Å²) in [5.74, 6) is -11.4. The lowest BCUT2D eigenvalue weighted by Gasteiger charge is -2.41. The summed E-state index contributed by atoms with van der Waals surface area (Å²) < 4.78 is 11.9. The molecule has 9 amide bonds. The predicted octanol–water partition coefficient (Wildman–Crippen LogP) is 5.38. The number of piperidine rings is 1. The van der Waals surface area contributed by atoms with E-state index < -0.39 is 162 Å². The van der Waals surface area contributed by atoms with Crippen LogP contribution in [0.2, 0.25) is 0 Å². The highest BCUT2D eigenvalue weighted by atomic mass is 16.5. The Morgan fingerprint density at radius 3 is 1.75 bits per heavy atom. The number of benzene rings is 1. The summed E-state index contributed by atoms with van der Waals surface area (Å²) in [7, 11) is 6.77. The molecule has 2 fully saturated rings. The van der Waals surface area contributed by atoms with Crippen LogP contribution in [0.25, 0.3) is 0 Å². The maximum absolute atomic E-state index is 15.0. The summed E-state index contributed by atoms with van der Waals surface area (Å²) in [5.41, 5.74) is 3.00. The molecule has 2 heterocycles. The van der Waals surface area contributed by atoms with E-state index in [2.05, 4.69) is 35.9 Å². The van der Waals surface area contributed by atoms with Crippen LogP contribution in [0.1, 0.15) is 154 Å². The Kier molecular flexibility index (Phi) is 30.0. The van der Waals surface area contributed by atoms with Gasteiger partial charge in [-0.1, -0.05) is 111 Å². The maximum atomic E-state index is 15.0. The van der Waals surface area contributed by atoms with Gasteiger partial charge in [0.05, 0.1) is 13.0 Å². The fourth-order valence-corrected chi connectivity index (χ4v) is 11.6. The van der Waals surface area contributed by atoms with E-state index in [1.54, 1.807) is 86.6 Å². The first kappa shape index (κ1) is 75.9. The molecule has 0 bridgehead atoms. The molecule has 2 saturated heterocycles. The molecule has 0 aliphatic carbocycles. The Morgan fingerprint density at radius 2 is 1.20 bits per heavy atom. The van der Waals surface area contributed by atoms with Crippen LogP contribution < -0.4 is 20.7 Å². The van der Waals surface area contributed by atoms with Crippen molar-refractivity contribution in [1.82, 2.24) is 45.3 Å². The molecular weight excluding hydrogens is 1140 g/mol. The number of fused-ring (bicyclic) bond motifs is 1. The van der Waals surface area contributed by atoms with Crippen LogP contribution in [0, 0.1) is 29.6 Å². The van der Waals surface area contributed by atoms with Gasteiger partial charge >= 0.3 is 11.9 Å². The molecule has 1 aromatic carbocycles. The second-order valence-electron chi connectivity index (χ2n) is 25.6. The van der Waals surface area contributed by atoms with Crippen LogP contribution in [0.4, 0.5) is 0 Å². The molecule has 0 radical (unpaired) electrons. The molecule has 0 unspecified atom stereocenters. The fraction of sp³-hybridized carbons (Fsp3) is 0.682. The Bertz CT molecular complexity index is 2710. The van der Waals surface area contributed by atoms with Gasteiger partial charge in [-0.05, 0) is 113 Å². The van der Waals surface area contributed by atoms with E-state index in [0.29, 0.717) is 43.6 Å². The van der Waals surface area contributed by atoms with Crippen molar-refractivity contribution < 1.29 is 67.3 Å². The van der Waals surface area contributed by atoms with Crippen LogP contribution >= 0.6 is 0 Å². The number of allylic oxidation sites excluding steroid dienone is 3. The van der Waals surface area contributed by atoms with Crippen molar-refractivity contribution in [3.63, 3.8) is 0 Å². The summed E-state index contributed by atoms with van der Waals surface area (Å²) in [6, 6.07) is -3.64. The topological polar surface area (TPSA) is 282 Å². The second kappa shape index (κ2) is 35.2. The number of nitrogens with zero attached hydrogens (tertiary/aromatic N) is 6.